The molecule has 0 saturated heterocycles. The fourth-order valence-corrected chi connectivity index (χ4v) is 1.63. The molecular formula is C16H13FN2O2. The van der Waals surface area contributed by atoms with Gasteiger partial charge in [0.25, 0.3) is 5.91 Å². The molecule has 0 spiro atoms. The predicted octanol–water partition coefficient (Wildman–Crippen LogP) is 1.49. The molecule has 1 amide bonds. The molecule has 0 radical (unpaired) electrons. The van der Waals surface area contributed by atoms with E-state index in [0.29, 0.717) is 6.54 Å². The van der Waals surface area contributed by atoms with Gasteiger partial charge in [-0.25, -0.2) is 9.37 Å². The maximum Gasteiger partial charge on any atom is 0.270 e. The highest BCUT2D eigenvalue weighted by Crippen LogP contribution is 2.04. The number of benzene rings is 1. The molecule has 0 aliphatic heterocycles. The lowest BCUT2D eigenvalue weighted by atomic mass is 10.1. The number of pyridine rings is 1. The van der Waals surface area contributed by atoms with Crippen LogP contribution in [0.2, 0.25) is 0 Å². The molecule has 2 N–H and O–H groups in total. The highest BCUT2D eigenvalue weighted by Gasteiger charge is 2.06. The number of carbonyl (C=O) groups is 1. The van der Waals surface area contributed by atoms with Crippen molar-refractivity contribution in [2.75, 3.05) is 6.61 Å². The van der Waals surface area contributed by atoms with Gasteiger partial charge in [-0.1, -0.05) is 24.0 Å². The minimum Gasteiger partial charge on any atom is -0.384 e. The first-order valence-corrected chi connectivity index (χ1v) is 6.27. The van der Waals surface area contributed by atoms with E-state index in [-0.39, 0.29) is 18.2 Å². The summed E-state index contributed by atoms with van der Waals surface area (Å²) in [7, 11) is 0. The third-order valence-electron chi connectivity index (χ3n) is 2.68. The van der Waals surface area contributed by atoms with Crippen LogP contribution in [-0.2, 0) is 6.54 Å². The number of aromatic nitrogens is 1. The standard InChI is InChI=1S/C16H13FN2O2/c17-14-7-8-15(18-11-14)16(21)19-10-13-5-3-12(4-6-13)2-1-9-20/h3-8,11,20H,9-10H2,(H,19,21). The van der Waals surface area contributed by atoms with E-state index in [1.807, 2.05) is 12.1 Å². The van der Waals surface area contributed by atoms with Crippen molar-refractivity contribution >= 4 is 5.91 Å². The van der Waals surface area contributed by atoms with Gasteiger partial charge in [-0.2, -0.15) is 0 Å². The minimum atomic E-state index is -0.480. The lowest BCUT2D eigenvalue weighted by molar-refractivity contribution is 0.0946. The number of aliphatic hydroxyl groups excluding tert-OH is 1. The van der Waals surface area contributed by atoms with Crippen LogP contribution in [0.1, 0.15) is 21.6 Å². The van der Waals surface area contributed by atoms with Crippen LogP contribution in [0.15, 0.2) is 42.6 Å². The van der Waals surface area contributed by atoms with Gasteiger partial charge in [0.15, 0.2) is 0 Å². The number of hydrogen-bond acceptors (Lipinski definition) is 3. The van der Waals surface area contributed by atoms with Gasteiger partial charge in [0.05, 0.1) is 6.20 Å². The topological polar surface area (TPSA) is 62.2 Å². The van der Waals surface area contributed by atoms with Gasteiger partial charge in [0.2, 0.25) is 0 Å². The van der Waals surface area contributed by atoms with E-state index in [1.165, 1.54) is 12.1 Å². The van der Waals surface area contributed by atoms with E-state index >= 15 is 0 Å². The largest absolute Gasteiger partial charge is 0.384 e. The molecule has 0 atom stereocenters. The lowest BCUT2D eigenvalue weighted by Crippen LogP contribution is -2.23. The summed E-state index contributed by atoms with van der Waals surface area (Å²) >= 11 is 0. The Hall–Kier alpha value is -2.71. The van der Waals surface area contributed by atoms with Crippen molar-refractivity contribution < 1.29 is 14.3 Å². The van der Waals surface area contributed by atoms with Crippen molar-refractivity contribution in [3.63, 3.8) is 0 Å². The van der Waals surface area contributed by atoms with Gasteiger partial charge in [0, 0.05) is 12.1 Å². The summed E-state index contributed by atoms with van der Waals surface area (Å²) in [5, 5.41) is 11.3. The second-order valence-electron chi connectivity index (χ2n) is 4.20. The Bertz CT molecular complexity index is 670. The zero-order valence-corrected chi connectivity index (χ0v) is 11.1. The Kier molecular flexibility index (Phi) is 5.02. The van der Waals surface area contributed by atoms with Crippen LogP contribution in [0, 0.1) is 17.7 Å². The summed E-state index contributed by atoms with van der Waals surface area (Å²) in [6.45, 7) is 0.161. The summed E-state index contributed by atoms with van der Waals surface area (Å²) in [6, 6.07) is 9.80. The Morgan fingerprint density at radius 1 is 1.24 bits per heavy atom. The number of carbonyl (C=O) groups excluding carboxylic acids is 1. The fraction of sp³-hybridized carbons (Fsp3) is 0.125. The number of halogens is 1. The van der Waals surface area contributed by atoms with Crippen molar-refractivity contribution in [1.29, 1.82) is 0 Å². The molecule has 0 unspecified atom stereocenters. The summed E-state index contributed by atoms with van der Waals surface area (Å²) in [5.41, 5.74) is 1.86. The van der Waals surface area contributed by atoms with Crippen molar-refractivity contribution in [2.24, 2.45) is 0 Å². The highest BCUT2D eigenvalue weighted by atomic mass is 19.1. The lowest BCUT2D eigenvalue weighted by Gasteiger charge is -2.05. The Morgan fingerprint density at radius 2 is 2.00 bits per heavy atom. The van der Waals surface area contributed by atoms with Crippen molar-refractivity contribution in [3.8, 4) is 11.8 Å². The zero-order valence-electron chi connectivity index (χ0n) is 11.1. The van der Waals surface area contributed by atoms with Crippen LogP contribution in [0.5, 0.6) is 0 Å². The van der Waals surface area contributed by atoms with Gasteiger partial charge < -0.3 is 10.4 Å². The van der Waals surface area contributed by atoms with Gasteiger partial charge in [-0.05, 0) is 29.8 Å². The van der Waals surface area contributed by atoms with Crippen LogP contribution in [-0.4, -0.2) is 22.6 Å². The quantitative estimate of drug-likeness (QED) is 0.840. The molecule has 2 rings (SSSR count). The van der Waals surface area contributed by atoms with E-state index in [9.17, 15) is 9.18 Å². The van der Waals surface area contributed by atoms with Gasteiger partial charge in [0.1, 0.15) is 18.1 Å². The molecule has 0 saturated carbocycles. The van der Waals surface area contributed by atoms with Gasteiger partial charge >= 0.3 is 0 Å². The molecule has 1 aromatic carbocycles. The molecular weight excluding hydrogens is 271 g/mol. The molecule has 0 aliphatic carbocycles. The number of aliphatic hydroxyl groups is 1. The predicted molar refractivity (Wildman–Crippen MR) is 75.8 cm³/mol. The molecule has 0 aliphatic rings. The maximum atomic E-state index is 12.7. The summed E-state index contributed by atoms with van der Waals surface area (Å²) in [5.74, 6) is 4.50. The van der Waals surface area contributed by atoms with E-state index in [2.05, 4.69) is 22.1 Å². The van der Waals surface area contributed by atoms with Gasteiger partial charge in [-0.15, -0.1) is 0 Å². The van der Waals surface area contributed by atoms with Crippen LogP contribution < -0.4 is 5.32 Å². The Morgan fingerprint density at radius 3 is 2.62 bits per heavy atom. The van der Waals surface area contributed by atoms with E-state index < -0.39 is 5.82 Å². The van der Waals surface area contributed by atoms with Crippen LogP contribution in [0.25, 0.3) is 0 Å². The highest BCUT2D eigenvalue weighted by molar-refractivity contribution is 5.92. The Labute approximate surface area is 121 Å². The van der Waals surface area contributed by atoms with Gasteiger partial charge in [-0.3, -0.25) is 4.79 Å². The minimum absolute atomic E-state index is 0.168. The molecule has 4 nitrogen and oxygen atoms in total. The second kappa shape index (κ2) is 7.17. The molecule has 5 heteroatoms. The van der Waals surface area contributed by atoms with Crippen LogP contribution >= 0.6 is 0 Å². The molecule has 1 heterocycles. The number of hydrogen-bond donors (Lipinski definition) is 2. The summed E-state index contributed by atoms with van der Waals surface area (Å²) in [6.07, 6.45) is 1.00. The molecule has 0 bridgehead atoms. The second-order valence-corrected chi connectivity index (χ2v) is 4.20. The van der Waals surface area contributed by atoms with E-state index in [1.54, 1.807) is 12.1 Å². The van der Waals surface area contributed by atoms with E-state index in [4.69, 9.17) is 5.11 Å². The number of amides is 1. The number of nitrogens with zero attached hydrogens (tertiary/aromatic N) is 1. The third-order valence-corrected chi connectivity index (χ3v) is 2.68. The molecule has 2 aromatic rings. The normalized spacial score (nSPS) is 9.62. The smallest absolute Gasteiger partial charge is 0.270 e. The zero-order chi connectivity index (χ0) is 15.1. The van der Waals surface area contributed by atoms with Crippen molar-refractivity contribution in [3.05, 3.63) is 65.2 Å². The summed E-state index contributed by atoms with van der Waals surface area (Å²) < 4.78 is 12.7. The Balaban J connectivity index is 1.93. The molecule has 0 fully saturated rings. The molecule has 21 heavy (non-hydrogen) atoms. The third kappa shape index (κ3) is 4.41. The van der Waals surface area contributed by atoms with Crippen LogP contribution in [0.4, 0.5) is 4.39 Å². The van der Waals surface area contributed by atoms with Crippen molar-refractivity contribution in [2.45, 2.75) is 6.54 Å². The first-order valence-electron chi connectivity index (χ1n) is 6.27. The number of rotatable bonds is 3. The van der Waals surface area contributed by atoms with E-state index in [0.717, 1.165) is 17.3 Å². The first-order chi connectivity index (χ1) is 10.2. The monoisotopic (exact) mass is 284 g/mol. The molecule has 1 aromatic heterocycles. The average Bonchev–Trinajstić information content (AvgIpc) is 2.52. The number of nitrogens with one attached hydrogen (secondary N) is 1. The SMILES string of the molecule is O=C(NCc1ccc(C#CCO)cc1)c1ccc(F)cn1. The van der Waals surface area contributed by atoms with Crippen molar-refractivity contribution in [1.82, 2.24) is 10.3 Å². The average molecular weight is 284 g/mol. The summed E-state index contributed by atoms with van der Waals surface area (Å²) in [4.78, 5) is 15.5. The van der Waals surface area contributed by atoms with Crippen LogP contribution in [0.3, 0.4) is 0 Å². The molecule has 106 valence electrons. The fourth-order valence-electron chi connectivity index (χ4n) is 1.63. The first kappa shape index (κ1) is 14.7. The maximum absolute atomic E-state index is 12.7.